The molecule has 1 aromatic rings. The van der Waals surface area contributed by atoms with E-state index in [4.69, 9.17) is 0 Å². The van der Waals surface area contributed by atoms with Gasteiger partial charge in [0.2, 0.25) is 15.9 Å². The summed E-state index contributed by atoms with van der Waals surface area (Å²) in [6.07, 6.45) is 1.09. The van der Waals surface area contributed by atoms with Crippen molar-refractivity contribution in [3.63, 3.8) is 0 Å². The van der Waals surface area contributed by atoms with E-state index in [0.29, 0.717) is 5.69 Å². The average Bonchev–Trinajstić information content (AvgIpc) is 2.25. The number of hydrogen-bond acceptors (Lipinski definition) is 3. The smallest absolute Gasteiger partial charge is 0.240 e. The van der Waals surface area contributed by atoms with E-state index < -0.39 is 10.0 Å². The number of sulfonamides is 1. The minimum Gasteiger partial charge on any atom is -0.358 e. The van der Waals surface area contributed by atoms with Crippen LogP contribution in [0.4, 0.5) is 5.69 Å². The molecule has 0 heterocycles. The van der Waals surface area contributed by atoms with Crippen LogP contribution in [0.3, 0.4) is 0 Å². The normalized spacial score (nSPS) is 11.1. The minimum atomic E-state index is -3.49. The van der Waals surface area contributed by atoms with Crippen molar-refractivity contribution in [1.82, 2.24) is 5.32 Å². The number of benzene rings is 1. The van der Waals surface area contributed by atoms with Gasteiger partial charge in [-0.15, -0.1) is 0 Å². The van der Waals surface area contributed by atoms with Gasteiger partial charge in [-0.3, -0.25) is 9.10 Å². The number of amides is 1. The molecule has 0 aliphatic heterocycles. The molecule has 18 heavy (non-hydrogen) atoms. The highest BCUT2D eigenvalue weighted by atomic mass is 32.2. The van der Waals surface area contributed by atoms with Gasteiger partial charge in [-0.05, 0) is 25.5 Å². The molecule has 1 N–H and O–H groups in total. The Balaban J connectivity index is 3.22. The predicted molar refractivity (Wildman–Crippen MR) is 72.2 cm³/mol. The van der Waals surface area contributed by atoms with Crippen LogP contribution >= 0.6 is 0 Å². The molecule has 5 nitrogen and oxygen atoms in total. The lowest BCUT2D eigenvalue weighted by Gasteiger charge is -2.23. The fourth-order valence-corrected chi connectivity index (χ4v) is 2.59. The molecule has 0 saturated carbocycles. The van der Waals surface area contributed by atoms with Crippen LogP contribution in [0.2, 0.25) is 0 Å². The fraction of sp³-hybridized carbons (Fsp3) is 0.417. The maximum absolute atomic E-state index is 11.8. The largest absolute Gasteiger partial charge is 0.358 e. The van der Waals surface area contributed by atoms with Crippen LogP contribution in [-0.2, 0) is 14.8 Å². The van der Waals surface area contributed by atoms with Crippen molar-refractivity contribution in [3.05, 3.63) is 29.3 Å². The Morgan fingerprint density at radius 2 is 1.94 bits per heavy atom. The number of hydrogen-bond donors (Lipinski definition) is 1. The van der Waals surface area contributed by atoms with E-state index in [2.05, 4.69) is 5.32 Å². The van der Waals surface area contributed by atoms with Crippen LogP contribution in [0.5, 0.6) is 0 Å². The molecule has 0 bridgehead atoms. The third kappa shape index (κ3) is 3.46. The Kier molecular flexibility index (Phi) is 4.34. The monoisotopic (exact) mass is 270 g/mol. The maximum atomic E-state index is 11.8. The molecule has 0 spiro atoms. The quantitative estimate of drug-likeness (QED) is 0.880. The molecule has 1 aromatic carbocycles. The van der Waals surface area contributed by atoms with Crippen LogP contribution < -0.4 is 9.62 Å². The molecular formula is C12H18N2O3S. The number of aryl methyl sites for hydroxylation is 2. The van der Waals surface area contributed by atoms with Crippen LogP contribution in [-0.4, -0.2) is 34.2 Å². The zero-order chi connectivity index (χ0) is 13.9. The molecule has 0 radical (unpaired) electrons. The number of anilines is 1. The number of nitrogens with one attached hydrogen (secondary N) is 1. The van der Waals surface area contributed by atoms with Gasteiger partial charge in [0, 0.05) is 7.05 Å². The second-order valence-corrected chi connectivity index (χ2v) is 6.14. The maximum Gasteiger partial charge on any atom is 0.240 e. The lowest BCUT2D eigenvalue weighted by atomic mass is 10.1. The SMILES string of the molecule is CNC(=O)CN(c1ccc(C)cc1C)S(C)(=O)=O. The summed E-state index contributed by atoms with van der Waals surface area (Å²) in [5.41, 5.74) is 2.40. The zero-order valence-electron chi connectivity index (χ0n) is 11.0. The van der Waals surface area contributed by atoms with Crippen LogP contribution in [0, 0.1) is 13.8 Å². The molecule has 0 fully saturated rings. The zero-order valence-corrected chi connectivity index (χ0v) is 11.8. The number of carbonyl (C=O) groups is 1. The first-order valence-electron chi connectivity index (χ1n) is 5.51. The summed E-state index contributed by atoms with van der Waals surface area (Å²) in [4.78, 5) is 11.4. The van der Waals surface area contributed by atoms with E-state index in [0.717, 1.165) is 21.7 Å². The van der Waals surface area contributed by atoms with Crippen LogP contribution in [0.25, 0.3) is 0 Å². The number of carbonyl (C=O) groups excluding carboxylic acids is 1. The fourth-order valence-electron chi connectivity index (χ4n) is 1.68. The molecular weight excluding hydrogens is 252 g/mol. The third-order valence-electron chi connectivity index (χ3n) is 2.59. The molecule has 0 aromatic heterocycles. The van der Waals surface area contributed by atoms with Crippen molar-refractivity contribution in [2.75, 3.05) is 24.2 Å². The van der Waals surface area contributed by atoms with Gasteiger partial charge in [0.15, 0.2) is 0 Å². The van der Waals surface area contributed by atoms with Crippen molar-refractivity contribution in [1.29, 1.82) is 0 Å². The summed E-state index contributed by atoms with van der Waals surface area (Å²) >= 11 is 0. The van der Waals surface area contributed by atoms with Gasteiger partial charge in [0.05, 0.1) is 11.9 Å². The Bertz CT molecular complexity index is 552. The molecule has 1 rings (SSSR count). The van der Waals surface area contributed by atoms with Crippen molar-refractivity contribution in [2.45, 2.75) is 13.8 Å². The van der Waals surface area contributed by atoms with Crippen molar-refractivity contribution in [3.8, 4) is 0 Å². The first-order valence-corrected chi connectivity index (χ1v) is 7.36. The van der Waals surface area contributed by atoms with E-state index in [9.17, 15) is 13.2 Å². The van der Waals surface area contributed by atoms with E-state index in [1.54, 1.807) is 6.07 Å². The van der Waals surface area contributed by atoms with Crippen LogP contribution in [0.15, 0.2) is 18.2 Å². The molecule has 0 aliphatic rings. The predicted octanol–water partition coefficient (Wildman–Crippen LogP) is 0.815. The van der Waals surface area contributed by atoms with E-state index in [1.165, 1.54) is 7.05 Å². The highest BCUT2D eigenvalue weighted by Crippen LogP contribution is 2.23. The van der Waals surface area contributed by atoms with Gasteiger partial charge in [-0.25, -0.2) is 8.42 Å². The second-order valence-electron chi connectivity index (χ2n) is 4.23. The first-order chi connectivity index (χ1) is 8.25. The Labute approximate surface area is 108 Å². The second kappa shape index (κ2) is 5.39. The molecule has 1 amide bonds. The average molecular weight is 270 g/mol. The molecule has 0 atom stereocenters. The number of nitrogens with zero attached hydrogens (tertiary/aromatic N) is 1. The standard InChI is InChI=1S/C12H18N2O3S/c1-9-5-6-11(10(2)7-9)14(18(4,16)17)8-12(15)13-3/h5-7H,8H2,1-4H3,(H,13,15). The van der Waals surface area contributed by atoms with Crippen molar-refractivity contribution in [2.24, 2.45) is 0 Å². The van der Waals surface area contributed by atoms with Crippen molar-refractivity contribution < 1.29 is 13.2 Å². The molecule has 0 saturated heterocycles. The summed E-state index contributed by atoms with van der Waals surface area (Å²) in [5.74, 6) is -0.347. The highest BCUT2D eigenvalue weighted by molar-refractivity contribution is 7.92. The summed E-state index contributed by atoms with van der Waals surface area (Å²) in [6, 6.07) is 5.43. The molecule has 6 heteroatoms. The van der Waals surface area contributed by atoms with E-state index >= 15 is 0 Å². The first kappa shape index (κ1) is 14.5. The Morgan fingerprint density at radius 1 is 1.33 bits per heavy atom. The van der Waals surface area contributed by atoms with Crippen molar-refractivity contribution >= 4 is 21.6 Å². The Hall–Kier alpha value is -1.56. The van der Waals surface area contributed by atoms with Gasteiger partial charge >= 0.3 is 0 Å². The van der Waals surface area contributed by atoms with E-state index in [1.807, 2.05) is 26.0 Å². The molecule has 100 valence electrons. The van der Waals surface area contributed by atoms with Gasteiger partial charge in [0.1, 0.15) is 6.54 Å². The van der Waals surface area contributed by atoms with Gasteiger partial charge < -0.3 is 5.32 Å². The third-order valence-corrected chi connectivity index (χ3v) is 3.71. The van der Waals surface area contributed by atoms with E-state index in [-0.39, 0.29) is 12.5 Å². The Morgan fingerprint density at radius 3 is 2.39 bits per heavy atom. The van der Waals surface area contributed by atoms with Gasteiger partial charge in [-0.2, -0.15) is 0 Å². The lowest BCUT2D eigenvalue weighted by Crippen LogP contribution is -2.39. The summed E-state index contributed by atoms with van der Waals surface area (Å²) in [7, 11) is -2.01. The summed E-state index contributed by atoms with van der Waals surface area (Å²) in [6.45, 7) is 3.55. The number of likely N-dealkylation sites (N-methyl/N-ethyl adjacent to an activating group) is 1. The molecule has 0 unspecified atom stereocenters. The van der Waals surface area contributed by atoms with Crippen LogP contribution in [0.1, 0.15) is 11.1 Å². The summed E-state index contributed by atoms with van der Waals surface area (Å²) < 4.78 is 24.6. The number of rotatable bonds is 4. The van der Waals surface area contributed by atoms with Gasteiger partial charge in [-0.1, -0.05) is 17.7 Å². The van der Waals surface area contributed by atoms with Gasteiger partial charge in [0.25, 0.3) is 0 Å². The highest BCUT2D eigenvalue weighted by Gasteiger charge is 2.21. The summed E-state index contributed by atoms with van der Waals surface area (Å²) in [5, 5.41) is 2.42. The lowest BCUT2D eigenvalue weighted by molar-refractivity contribution is -0.119. The molecule has 0 aliphatic carbocycles. The topological polar surface area (TPSA) is 66.5 Å². The minimum absolute atomic E-state index is 0.209.